The van der Waals surface area contributed by atoms with Crippen LogP contribution in [0.15, 0.2) is 352 Å². The van der Waals surface area contributed by atoms with E-state index in [2.05, 4.69) is 409 Å². The van der Waals surface area contributed by atoms with E-state index in [1.807, 2.05) is 0 Å². The lowest BCUT2D eigenvalue weighted by Crippen LogP contribution is -2.65. The Balaban J connectivity index is 0.863. The maximum absolute atomic E-state index is 2.66. The molecule has 0 saturated heterocycles. The summed E-state index contributed by atoms with van der Waals surface area (Å²) in [6.07, 6.45) is 0. The summed E-state index contributed by atoms with van der Waals surface area (Å²) in [6, 6.07) is 132. The summed E-state index contributed by atoms with van der Waals surface area (Å²) in [4.78, 5) is 15.3. The first-order valence-electron chi connectivity index (χ1n) is 36.5. The van der Waals surface area contributed by atoms with Crippen LogP contribution in [0.3, 0.4) is 0 Å². The minimum absolute atomic E-state index is 0.202. The molecular formula is C96H70B2N6. The van der Waals surface area contributed by atoms with Crippen molar-refractivity contribution in [1.82, 2.24) is 0 Å². The van der Waals surface area contributed by atoms with Crippen molar-refractivity contribution >= 4 is 149 Å². The van der Waals surface area contributed by atoms with Gasteiger partial charge in [0, 0.05) is 102 Å². The predicted octanol–water partition coefficient (Wildman–Crippen LogP) is 21.4. The Labute approximate surface area is 609 Å². The summed E-state index contributed by atoms with van der Waals surface area (Å²) in [5, 5.41) is 0. The number of nitrogens with zero attached hydrogens (tertiary/aromatic N) is 6. The third-order valence-corrected chi connectivity index (χ3v) is 23.3. The summed E-state index contributed by atoms with van der Waals surface area (Å²) in [5.41, 5.74) is 37.6. The first kappa shape index (κ1) is 60.0. The first-order valence-corrected chi connectivity index (χ1v) is 36.5. The first-order chi connectivity index (χ1) is 51.2. The van der Waals surface area contributed by atoms with Gasteiger partial charge < -0.3 is 29.4 Å². The summed E-state index contributed by atoms with van der Waals surface area (Å²) in [6.45, 7) is 9.19. The summed E-state index contributed by atoms with van der Waals surface area (Å²) in [5.74, 6) is 0. The van der Waals surface area contributed by atoms with Crippen molar-refractivity contribution in [2.75, 3.05) is 29.4 Å². The van der Waals surface area contributed by atoms with Crippen LogP contribution in [0.4, 0.5) is 102 Å². The maximum Gasteiger partial charge on any atom is 0.252 e. The number of anilines is 18. The van der Waals surface area contributed by atoms with E-state index in [0.29, 0.717) is 0 Å². The van der Waals surface area contributed by atoms with Crippen LogP contribution in [0, 0.1) is 0 Å². The molecule has 4 aliphatic heterocycles. The number of fused-ring (bicyclic) bond motifs is 14. The molecule has 6 aliphatic rings. The Bertz CT molecular complexity index is 5540. The summed E-state index contributed by atoms with van der Waals surface area (Å²) >= 11 is 0. The third-order valence-electron chi connectivity index (χ3n) is 23.3. The molecule has 2 aliphatic carbocycles. The minimum atomic E-state index is -0.225. The van der Waals surface area contributed by atoms with Crippen LogP contribution in [-0.4, -0.2) is 13.4 Å². The Kier molecular flexibility index (Phi) is 13.2. The maximum atomic E-state index is 2.66. The largest absolute Gasteiger partial charge is 0.311 e. The average molecular weight is 1330 g/mol. The zero-order chi connectivity index (χ0) is 69.1. The lowest BCUT2D eigenvalue weighted by Gasteiger charge is -2.48. The predicted molar refractivity (Wildman–Crippen MR) is 439 cm³/mol. The van der Waals surface area contributed by atoms with Crippen molar-refractivity contribution in [3.8, 4) is 22.3 Å². The molecule has 15 aromatic carbocycles. The molecular weight excluding hydrogens is 1260 g/mol. The van der Waals surface area contributed by atoms with Gasteiger partial charge in [-0.2, -0.15) is 0 Å². The molecule has 490 valence electrons. The van der Waals surface area contributed by atoms with E-state index in [4.69, 9.17) is 0 Å². The molecule has 0 spiro atoms. The Morgan fingerprint density at radius 3 is 0.875 bits per heavy atom. The fourth-order valence-corrected chi connectivity index (χ4v) is 18.7. The lowest BCUT2D eigenvalue weighted by atomic mass is 9.30. The van der Waals surface area contributed by atoms with Crippen molar-refractivity contribution in [2.24, 2.45) is 0 Å². The van der Waals surface area contributed by atoms with Gasteiger partial charge >= 0.3 is 0 Å². The van der Waals surface area contributed by atoms with Crippen LogP contribution in [-0.2, 0) is 10.8 Å². The van der Waals surface area contributed by atoms with Crippen molar-refractivity contribution in [1.29, 1.82) is 0 Å². The molecule has 4 heterocycles. The smallest absolute Gasteiger partial charge is 0.252 e. The number of hydrogen-bond donors (Lipinski definition) is 0. The topological polar surface area (TPSA) is 19.4 Å². The second kappa shape index (κ2) is 22.9. The van der Waals surface area contributed by atoms with Gasteiger partial charge in [-0.25, -0.2) is 0 Å². The van der Waals surface area contributed by atoms with Gasteiger partial charge in [0.1, 0.15) is 0 Å². The third kappa shape index (κ3) is 8.78. The average Bonchev–Trinajstić information content (AvgIpc) is 0.849. The Morgan fingerprint density at radius 1 is 0.212 bits per heavy atom. The second-order valence-electron chi connectivity index (χ2n) is 29.6. The molecule has 0 unspecified atom stereocenters. The highest BCUT2D eigenvalue weighted by Gasteiger charge is 2.50. The van der Waals surface area contributed by atoms with E-state index in [1.165, 1.54) is 77.3 Å². The second-order valence-corrected chi connectivity index (χ2v) is 29.6. The number of rotatable bonds is 10. The zero-order valence-electron chi connectivity index (χ0n) is 58.3. The van der Waals surface area contributed by atoms with Crippen LogP contribution >= 0.6 is 0 Å². The van der Waals surface area contributed by atoms with Gasteiger partial charge in [0.05, 0.1) is 11.4 Å². The van der Waals surface area contributed by atoms with Crippen molar-refractivity contribution in [3.63, 3.8) is 0 Å². The summed E-state index contributed by atoms with van der Waals surface area (Å²) < 4.78 is 0. The van der Waals surface area contributed by atoms with Crippen LogP contribution in [0.5, 0.6) is 0 Å². The molecule has 104 heavy (non-hydrogen) atoms. The highest BCUT2D eigenvalue weighted by atomic mass is 15.2. The lowest BCUT2D eigenvalue weighted by molar-refractivity contribution is 0.660. The molecule has 0 saturated carbocycles. The quantitative estimate of drug-likeness (QED) is 0.126. The van der Waals surface area contributed by atoms with E-state index in [1.54, 1.807) is 0 Å². The van der Waals surface area contributed by atoms with E-state index >= 15 is 0 Å². The summed E-state index contributed by atoms with van der Waals surface area (Å²) in [7, 11) is 0. The molecule has 0 aromatic heterocycles. The molecule has 6 nitrogen and oxygen atoms in total. The van der Waals surface area contributed by atoms with Gasteiger partial charge in [-0.1, -0.05) is 240 Å². The van der Waals surface area contributed by atoms with Crippen LogP contribution in [0.2, 0.25) is 0 Å². The van der Waals surface area contributed by atoms with E-state index < -0.39 is 0 Å². The molecule has 0 bridgehead atoms. The molecule has 0 amide bonds. The Hall–Kier alpha value is -12.8. The monoisotopic (exact) mass is 1330 g/mol. The highest BCUT2D eigenvalue weighted by Crippen LogP contribution is 2.57. The van der Waals surface area contributed by atoms with Gasteiger partial charge in [0.15, 0.2) is 0 Å². The standard InChI is InChI=1S/C96H70B2N6/c1-95(2)77-45-25-23-43-73(77)75-53-51-69(55-79(75)95)103-85-49-29-27-47-81(85)97-83-61-84-88(62-87(83)101(67-39-19-9-20-40-67)89-57-71(59-91(103)93(89)97)99(63-31-11-5-12-32-63)64-33-13-6-14-34-64)102(68-41-21-10-22-42-68)90-58-72(100(65-35-15-7-16-36-65)66-37-17-8-18-38-66)60-92-94(90)98(84)82-48-28-30-50-86(82)104(92)70-52-54-76-74-44-24-26-46-78(74)96(3,4)80(76)56-70/h5-62H,1-4H3. The van der Waals surface area contributed by atoms with E-state index in [9.17, 15) is 0 Å². The van der Waals surface area contributed by atoms with Gasteiger partial charge in [0.25, 0.3) is 13.4 Å². The van der Waals surface area contributed by atoms with Crippen LogP contribution in [0.25, 0.3) is 22.3 Å². The number of hydrogen-bond acceptors (Lipinski definition) is 6. The van der Waals surface area contributed by atoms with Crippen molar-refractivity contribution in [2.45, 2.75) is 38.5 Å². The number of benzene rings is 15. The van der Waals surface area contributed by atoms with Crippen LogP contribution in [0.1, 0.15) is 49.9 Å². The van der Waals surface area contributed by atoms with Crippen molar-refractivity contribution < 1.29 is 0 Å². The molecule has 8 heteroatoms. The number of para-hydroxylation sites is 8. The minimum Gasteiger partial charge on any atom is -0.311 e. The van der Waals surface area contributed by atoms with Gasteiger partial charge in [-0.3, -0.25) is 0 Å². The van der Waals surface area contributed by atoms with Crippen molar-refractivity contribution in [3.05, 3.63) is 374 Å². The van der Waals surface area contributed by atoms with E-state index in [0.717, 1.165) is 102 Å². The van der Waals surface area contributed by atoms with E-state index in [-0.39, 0.29) is 24.3 Å². The zero-order valence-corrected chi connectivity index (χ0v) is 58.3. The van der Waals surface area contributed by atoms with Gasteiger partial charge in [-0.05, 0) is 217 Å². The molecule has 0 radical (unpaired) electrons. The molecule has 15 aromatic rings. The normalized spacial score (nSPS) is 14.4. The fraction of sp³-hybridized carbons (Fsp3) is 0.0625. The van der Waals surface area contributed by atoms with Crippen LogP contribution < -0.4 is 62.2 Å². The molecule has 0 atom stereocenters. The highest BCUT2D eigenvalue weighted by molar-refractivity contribution is 7.03. The van der Waals surface area contributed by atoms with Gasteiger partial charge in [-0.15, -0.1) is 0 Å². The molecule has 21 rings (SSSR count). The van der Waals surface area contributed by atoms with Gasteiger partial charge in [0.2, 0.25) is 0 Å². The Morgan fingerprint density at radius 2 is 0.510 bits per heavy atom. The fourth-order valence-electron chi connectivity index (χ4n) is 18.7. The SMILES string of the molecule is CC1(C)c2ccccc2-c2ccc(N3c4ccccc4B4c5cc6c(cc5N(c5ccccc5)c5cc(N(c7ccccc7)c7ccccc7)cc3c54)N(c3ccccc3)c3cc(N(c4ccccc4)c4ccccc4)cc4c3B6c3ccccc3N4c3ccc4c(c3)C(C)(C)c3ccccc3-4)cc21. The molecule has 0 N–H and O–H groups in total. The molecule has 0 fully saturated rings.